The summed E-state index contributed by atoms with van der Waals surface area (Å²) in [4.78, 5) is 14.4. The smallest absolute Gasteiger partial charge is 0.329 e. The van der Waals surface area contributed by atoms with Crippen LogP contribution in [0, 0.1) is 0 Å². The molecule has 0 aliphatic carbocycles. The van der Waals surface area contributed by atoms with E-state index in [0.717, 1.165) is 31.7 Å². The van der Waals surface area contributed by atoms with Crippen molar-refractivity contribution >= 4 is 11.7 Å². The lowest BCUT2D eigenvalue weighted by Crippen LogP contribution is -2.54. The first-order valence-corrected chi connectivity index (χ1v) is 8.98. The van der Waals surface area contributed by atoms with E-state index in [2.05, 4.69) is 41.4 Å². The van der Waals surface area contributed by atoms with Crippen molar-refractivity contribution in [2.75, 3.05) is 18.4 Å². The third-order valence-electron chi connectivity index (χ3n) is 5.09. The number of aryl methyl sites for hydroxylation is 1. The molecule has 1 saturated heterocycles. The number of anilines is 1. The zero-order valence-electron chi connectivity index (χ0n) is 14.7. The van der Waals surface area contributed by atoms with Gasteiger partial charge in [0.25, 0.3) is 0 Å². The van der Waals surface area contributed by atoms with Crippen molar-refractivity contribution in [1.29, 1.82) is 0 Å². The van der Waals surface area contributed by atoms with Gasteiger partial charge < -0.3 is 10.4 Å². The van der Waals surface area contributed by atoms with Gasteiger partial charge in [-0.2, -0.15) is 0 Å². The number of likely N-dealkylation sites (tertiary alicyclic amines) is 1. The molecule has 0 radical (unpaired) electrons. The Morgan fingerprint density at radius 1 is 1.08 bits per heavy atom. The van der Waals surface area contributed by atoms with E-state index < -0.39 is 11.5 Å². The molecule has 0 amide bonds. The summed E-state index contributed by atoms with van der Waals surface area (Å²) in [5, 5.41) is 13.2. The second kappa shape index (κ2) is 7.70. The van der Waals surface area contributed by atoms with Gasteiger partial charge in [0, 0.05) is 25.3 Å². The lowest BCUT2D eigenvalue weighted by Gasteiger charge is -2.40. The molecule has 3 rings (SSSR count). The van der Waals surface area contributed by atoms with Crippen LogP contribution in [0.25, 0.3) is 0 Å². The average Bonchev–Trinajstić information content (AvgIpc) is 2.64. The minimum Gasteiger partial charge on any atom is -0.480 e. The number of carbonyl (C=O) groups is 1. The number of rotatable bonds is 6. The Balaban J connectivity index is 1.67. The monoisotopic (exact) mass is 338 g/mol. The number of carboxylic acids is 1. The maximum absolute atomic E-state index is 12.0. The Labute approximate surface area is 149 Å². The Hall–Kier alpha value is -2.33. The van der Waals surface area contributed by atoms with Gasteiger partial charge >= 0.3 is 5.97 Å². The van der Waals surface area contributed by atoms with Crippen LogP contribution in [0.15, 0.2) is 54.6 Å². The van der Waals surface area contributed by atoms with Gasteiger partial charge in [0.1, 0.15) is 5.54 Å². The number of piperidine rings is 1. The molecule has 1 aliphatic rings. The van der Waals surface area contributed by atoms with Crippen LogP contribution in [-0.2, 0) is 17.8 Å². The van der Waals surface area contributed by atoms with Crippen LogP contribution >= 0.6 is 0 Å². The van der Waals surface area contributed by atoms with Crippen molar-refractivity contribution in [2.24, 2.45) is 0 Å². The van der Waals surface area contributed by atoms with Crippen LogP contribution in [0.4, 0.5) is 5.69 Å². The molecule has 2 N–H and O–H groups in total. The third-order valence-corrected chi connectivity index (χ3v) is 5.09. The molecular formula is C21H26N2O2. The van der Waals surface area contributed by atoms with Gasteiger partial charge in [-0.25, -0.2) is 4.79 Å². The Morgan fingerprint density at radius 2 is 1.76 bits per heavy atom. The van der Waals surface area contributed by atoms with Crippen molar-refractivity contribution in [1.82, 2.24) is 4.90 Å². The van der Waals surface area contributed by atoms with Crippen molar-refractivity contribution in [3.63, 3.8) is 0 Å². The number of nitrogens with one attached hydrogen (secondary N) is 1. The van der Waals surface area contributed by atoms with Gasteiger partial charge in [0.05, 0.1) is 0 Å². The molecule has 132 valence electrons. The number of carboxylic acid groups (broad SMARTS) is 1. The minimum absolute atomic E-state index is 0.603. The molecule has 1 heterocycles. The molecule has 0 aromatic heterocycles. The molecule has 1 aliphatic heterocycles. The fourth-order valence-corrected chi connectivity index (χ4v) is 3.47. The number of hydrogen-bond acceptors (Lipinski definition) is 3. The predicted molar refractivity (Wildman–Crippen MR) is 101 cm³/mol. The largest absolute Gasteiger partial charge is 0.480 e. The fraction of sp³-hybridized carbons (Fsp3) is 0.381. The van der Waals surface area contributed by atoms with Gasteiger partial charge in [0.2, 0.25) is 0 Å². The van der Waals surface area contributed by atoms with Gasteiger partial charge in [-0.1, -0.05) is 49.4 Å². The molecule has 0 bridgehead atoms. The zero-order chi connectivity index (χ0) is 17.7. The van der Waals surface area contributed by atoms with E-state index in [0.29, 0.717) is 12.8 Å². The molecule has 25 heavy (non-hydrogen) atoms. The van der Waals surface area contributed by atoms with Crippen molar-refractivity contribution in [3.8, 4) is 0 Å². The van der Waals surface area contributed by atoms with Gasteiger partial charge in [-0.05, 0) is 42.5 Å². The zero-order valence-corrected chi connectivity index (χ0v) is 14.7. The fourth-order valence-electron chi connectivity index (χ4n) is 3.47. The molecule has 4 heteroatoms. The highest BCUT2D eigenvalue weighted by Gasteiger charge is 2.41. The molecule has 0 saturated carbocycles. The second-order valence-electron chi connectivity index (χ2n) is 6.83. The molecule has 0 unspecified atom stereocenters. The minimum atomic E-state index is -0.875. The number of aliphatic carboxylic acids is 1. The van der Waals surface area contributed by atoms with Crippen LogP contribution in [0.3, 0.4) is 0 Å². The molecule has 0 spiro atoms. The first kappa shape index (κ1) is 17.5. The molecule has 4 nitrogen and oxygen atoms in total. The normalized spacial score (nSPS) is 17.2. The van der Waals surface area contributed by atoms with E-state index in [4.69, 9.17) is 0 Å². The Morgan fingerprint density at radius 3 is 2.40 bits per heavy atom. The lowest BCUT2D eigenvalue weighted by atomic mass is 9.86. The summed E-state index contributed by atoms with van der Waals surface area (Å²) in [5.74, 6) is -0.756. The topological polar surface area (TPSA) is 52.6 Å². The van der Waals surface area contributed by atoms with Crippen LogP contribution in [0.1, 0.15) is 30.9 Å². The highest BCUT2D eigenvalue weighted by atomic mass is 16.4. The summed E-state index contributed by atoms with van der Waals surface area (Å²) in [6, 6.07) is 18.4. The molecule has 2 aromatic carbocycles. The summed E-state index contributed by atoms with van der Waals surface area (Å²) >= 11 is 0. The van der Waals surface area contributed by atoms with Crippen LogP contribution in [0.2, 0.25) is 0 Å². The van der Waals surface area contributed by atoms with Crippen LogP contribution in [-0.4, -0.2) is 34.6 Å². The van der Waals surface area contributed by atoms with Gasteiger partial charge in [0.15, 0.2) is 0 Å². The molecule has 0 atom stereocenters. The maximum atomic E-state index is 12.0. The van der Waals surface area contributed by atoms with Gasteiger partial charge in [-0.3, -0.25) is 4.90 Å². The first-order valence-electron chi connectivity index (χ1n) is 8.98. The van der Waals surface area contributed by atoms with Crippen LogP contribution in [0.5, 0.6) is 0 Å². The van der Waals surface area contributed by atoms with E-state index in [1.165, 1.54) is 11.1 Å². The number of hydrogen-bond donors (Lipinski definition) is 2. The number of benzene rings is 2. The molecular weight excluding hydrogens is 312 g/mol. The summed E-state index contributed by atoms with van der Waals surface area (Å²) in [6.07, 6.45) is 2.15. The summed E-state index contributed by atoms with van der Waals surface area (Å²) in [5.41, 5.74) is 2.51. The summed E-state index contributed by atoms with van der Waals surface area (Å²) in [7, 11) is 0. The van der Waals surface area contributed by atoms with E-state index in [-0.39, 0.29) is 0 Å². The molecule has 2 aromatic rings. The highest BCUT2D eigenvalue weighted by Crippen LogP contribution is 2.29. The third kappa shape index (κ3) is 4.20. The summed E-state index contributed by atoms with van der Waals surface area (Å²) < 4.78 is 0. The highest BCUT2D eigenvalue weighted by molar-refractivity contribution is 5.83. The maximum Gasteiger partial charge on any atom is 0.329 e. The van der Waals surface area contributed by atoms with Crippen LogP contribution < -0.4 is 5.32 Å². The second-order valence-corrected chi connectivity index (χ2v) is 6.83. The lowest BCUT2D eigenvalue weighted by molar-refractivity contribution is -0.144. The van der Waals surface area contributed by atoms with Gasteiger partial charge in [-0.15, -0.1) is 0 Å². The van der Waals surface area contributed by atoms with E-state index in [1.807, 2.05) is 30.3 Å². The first-order chi connectivity index (χ1) is 12.1. The number of nitrogens with zero attached hydrogens (tertiary/aromatic N) is 1. The average molecular weight is 338 g/mol. The van der Waals surface area contributed by atoms with Crippen molar-refractivity contribution in [3.05, 3.63) is 65.7 Å². The Kier molecular flexibility index (Phi) is 5.39. The SMILES string of the molecule is CCc1cccc(NC2(C(=O)O)CCN(Cc3ccccc3)CC2)c1. The van der Waals surface area contributed by atoms with E-state index >= 15 is 0 Å². The Bertz CT molecular complexity index is 707. The standard InChI is InChI=1S/C21H26N2O2/c1-2-17-9-6-10-19(15-17)22-21(20(24)25)11-13-23(14-12-21)16-18-7-4-3-5-8-18/h3-10,15,22H,2,11-14,16H2,1H3,(H,24,25). The van der Waals surface area contributed by atoms with Crippen molar-refractivity contribution in [2.45, 2.75) is 38.3 Å². The summed E-state index contributed by atoms with van der Waals surface area (Å²) in [6.45, 7) is 4.54. The van der Waals surface area contributed by atoms with E-state index in [9.17, 15) is 9.90 Å². The quantitative estimate of drug-likeness (QED) is 0.842. The van der Waals surface area contributed by atoms with Crippen molar-refractivity contribution < 1.29 is 9.90 Å². The van der Waals surface area contributed by atoms with E-state index in [1.54, 1.807) is 0 Å². The molecule has 1 fully saturated rings. The predicted octanol–water partition coefficient (Wildman–Crippen LogP) is 3.78.